The highest BCUT2D eigenvalue weighted by Crippen LogP contribution is 2.45. The van der Waals surface area contributed by atoms with Crippen molar-refractivity contribution in [1.82, 2.24) is 0 Å². The zero-order valence-corrected chi connectivity index (χ0v) is 62.3. The SMILES string of the molecule is CCCCCCCCCCCCCCC(=O)O[C@H](COC(=O)CCCCCCCCCCCC)COP(=O)(O)OC[C@H](O)COP(=O)(O)OC[C@@H](COC(=O)CCCCCCCCCCCC(C)C)OC(=O)CCCCCCCCCCCCCCCCCCC(C)C. The number of aliphatic hydroxyl groups excluding tert-OH is 1. The first-order chi connectivity index (χ1) is 44.9. The fraction of sp³-hybridized carbons (Fsp3) is 0.946. The van der Waals surface area contributed by atoms with E-state index in [0.717, 1.165) is 102 Å². The van der Waals surface area contributed by atoms with Crippen molar-refractivity contribution < 1.29 is 80.2 Å². The molecule has 19 heteroatoms. The van der Waals surface area contributed by atoms with Crippen molar-refractivity contribution in [2.45, 2.75) is 400 Å². The zero-order chi connectivity index (χ0) is 68.6. The molecule has 0 aromatic rings. The molecule has 0 saturated carbocycles. The number of rotatable bonds is 73. The van der Waals surface area contributed by atoms with E-state index in [-0.39, 0.29) is 25.7 Å². The maximum Gasteiger partial charge on any atom is 0.472 e. The number of aliphatic hydroxyl groups is 1. The van der Waals surface area contributed by atoms with Crippen LogP contribution in [0.5, 0.6) is 0 Å². The smallest absolute Gasteiger partial charge is 0.462 e. The summed E-state index contributed by atoms with van der Waals surface area (Å²) in [6, 6.07) is 0. The second-order valence-electron chi connectivity index (χ2n) is 27.6. The van der Waals surface area contributed by atoms with Gasteiger partial charge in [-0.05, 0) is 37.5 Å². The number of phosphoric acid groups is 2. The lowest BCUT2D eigenvalue weighted by atomic mass is 10.0. The van der Waals surface area contributed by atoms with Crippen LogP contribution >= 0.6 is 15.6 Å². The molecule has 0 fully saturated rings. The summed E-state index contributed by atoms with van der Waals surface area (Å²) >= 11 is 0. The fourth-order valence-electron chi connectivity index (χ4n) is 11.3. The largest absolute Gasteiger partial charge is 0.472 e. The Morgan fingerprint density at radius 3 is 0.731 bits per heavy atom. The molecule has 0 radical (unpaired) electrons. The third kappa shape index (κ3) is 68.4. The summed E-state index contributed by atoms with van der Waals surface area (Å²) in [5.74, 6) is -0.565. The summed E-state index contributed by atoms with van der Waals surface area (Å²) < 4.78 is 68.4. The molecular formula is C74H144O17P2. The standard InChI is InChI=1S/C74H144O17P2/c1-7-9-11-13-15-17-19-27-33-40-46-52-58-73(78)90-69(62-84-71(76)56-50-44-38-32-18-16-14-12-10-8-2)64-88-92(80,81)86-60-68(75)61-87-93(82,83)89-65-70(63-85-72(77)57-51-45-39-35-29-31-37-43-49-55-67(5)6)91-74(79)59-53-47-41-34-28-25-23-21-20-22-24-26-30-36-42-48-54-66(3)4/h66-70,75H,7-65H2,1-6H3,(H,80,81)(H,82,83)/t68-,69+,70+/m0/s1. The number of ether oxygens (including phenoxy) is 4. The summed E-state index contributed by atoms with van der Waals surface area (Å²) in [6.45, 7) is 9.59. The Labute approximate surface area is 568 Å². The first-order valence-corrected chi connectivity index (χ1v) is 41.5. The van der Waals surface area contributed by atoms with Crippen LogP contribution in [0, 0.1) is 11.8 Å². The van der Waals surface area contributed by atoms with E-state index < -0.39 is 97.5 Å². The average molecular weight is 1370 g/mol. The highest BCUT2D eigenvalue weighted by Gasteiger charge is 2.30. The summed E-state index contributed by atoms with van der Waals surface area (Å²) in [7, 11) is -9.90. The molecule has 3 N–H and O–H groups in total. The lowest BCUT2D eigenvalue weighted by molar-refractivity contribution is -0.161. The van der Waals surface area contributed by atoms with Gasteiger partial charge in [0.2, 0.25) is 0 Å². The maximum atomic E-state index is 13.1. The minimum absolute atomic E-state index is 0.107. The molecule has 93 heavy (non-hydrogen) atoms. The third-order valence-electron chi connectivity index (χ3n) is 17.2. The molecular weight excluding hydrogens is 1220 g/mol. The molecule has 0 amide bonds. The Bertz CT molecular complexity index is 1800. The van der Waals surface area contributed by atoms with Gasteiger partial charge in [-0.2, -0.15) is 0 Å². The van der Waals surface area contributed by atoms with Crippen molar-refractivity contribution in [2.75, 3.05) is 39.6 Å². The van der Waals surface area contributed by atoms with E-state index in [2.05, 4.69) is 41.5 Å². The highest BCUT2D eigenvalue weighted by atomic mass is 31.2. The minimum Gasteiger partial charge on any atom is -0.462 e. The molecule has 0 aliphatic rings. The Hall–Kier alpha value is -1.94. The molecule has 0 saturated heterocycles. The van der Waals surface area contributed by atoms with Gasteiger partial charge in [0, 0.05) is 25.7 Å². The second-order valence-corrected chi connectivity index (χ2v) is 30.5. The van der Waals surface area contributed by atoms with Crippen molar-refractivity contribution >= 4 is 39.5 Å². The highest BCUT2D eigenvalue weighted by molar-refractivity contribution is 7.47. The van der Waals surface area contributed by atoms with Gasteiger partial charge in [0.25, 0.3) is 0 Å². The van der Waals surface area contributed by atoms with Crippen molar-refractivity contribution in [2.24, 2.45) is 11.8 Å². The molecule has 552 valence electrons. The van der Waals surface area contributed by atoms with Gasteiger partial charge in [-0.1, -0.05) is 330 Å². The Morgan fingerprint density at radius 1 is 0.290 bits per heavy atom. The molecule has 0 aromatic heterocycles. The molecule has 0 heterocycles. The van der Waals surface area contributed by atoms with Crippen LogP contribution in [-0.4, -0.2) is 96.7 Å². The van der Waals surface area contributed by atoms with Crippen molar-refractivity contribution in [3.05, 3.63) is 0 Å². The van der Waals surface area contributed by atoms with Crippen LogP contribution in [0.3, 0.4) is 0 Å². The van der Waals surface area contributed by atoms with E-state index in [9.17, 15) is 43.2 Å². The molecule has 0 spiro atoms. The monoisotopic (exact) mass is 1370 g/mol. The van der Waals surface area contributed by atoms with E-state index in [1.807, 2.05) is 0 Å². The van der Waals surface area contributed by atoms with E-state index in [1.54, 1.807) is 0 Å². The predicted molar refractivity (Wildman–Crippen MR) is 377 cm³/mol. The van der Waals surface area contributed by atoms with Crippen LogP contribution in [-0.2, 0) is 65.4 Å². The summed E-state index contributed by atoms with van der Waals surface area (Å²) in [6.07, 6.45) is 52.6. The average Bonchev–Trinajstić information content (AvgIpc) is 2.21. The van der Waals surface area contributed by atoms with E-state index in [0.29, 0.717) is 25.7 Å². The third-order valence-corrected chi connectivity index (χ3v) is 19.1. The first kappa shape index (κ1) is 91.1. The van der Waals surface area contributed by atoms with E-state index in [1.165, 1.54) is 199 Å². The van der Waals surface area contributed by atoms with Gasteiger partial charge >= 0.3 is 39.5 Å². The zero-order valence-electron chi connectivity index (χ0n) is 60.6. The van der Waals surface area contributed by atoms with Crippen molar-refractivity contribution in [1.29, 1.82) is 0 Å². The van der Waals surface area contributed by atoms with Crippen LogP contribution in [0.4, 0.5) is 0 Å². The fourth-order valence-corrected chi connectivity index (χ4v) is 12.9. The van der Waals surface area contributed by atoms with Crippen LogP contribution < -0.4 is 0 Å². The van der Waals surface area contributed by atoms with E-state index >= 15 is 0 Å². The Kier molecular flexibility index (Phi) is 64.6. The summed E-state index contributed by atoms with van der Waals surface area (Å²) in [5, 5.41) is 10.6. The van der Waals surface area contributed by atoms with Gasteiger partial charge in [-0.3, -0.25) is 37.3 Å². The molecule has 5 atom stereocenters. The van der Waals surface area contributed by atoms with Gasteiger partial charge in [-0.15, -0.1) is 0 Å². The molecule has 0 bridgehead atoms. The molecule has 17 nitrogen and oxygen atoms in total. The number of phosphoric ester groups is 2. The summed E-state index contributed by atoms with van der Waals surface area (Å²) in [4.78, 5) is 72.7. The Morgan fingerprint density at radius 2 is 0.495 bits per heavy atom. The van der Waals surface area contributed by atoms with Gasteiger partial charge < -0.3 is 33.8 Å². The van der Waals surface area contributed by atoms with Crippen LogP contribution in [0.1, 0.15) is 382 Å². The molecule has 0 aliphatic heterocycles. The van der Waals surface area contributed by atoms with Gasteiger partial charge in [0.1, 0.15) is 19.3 Å². The number of hydrogen-bond donors (Lipinski definition) is 3. The predicted octanol–water partition coefficient (Wildman–Crippen LogP) is 21.6. The lowest BCUT2D eigenvalue weighted by Crippen LogP contribution is -2.30. The number of unbranched alkanes of at least 4 members (excludes halogenated alkanes) is 43. The number of hydrogen-bond acceptors (Lipinski definition) is 15. The minimum atomic E-state index is -4.95. The maximum absolute atomic E-state index is 13.1. The molecule has 0 aromatic carbocycles. The Balaban J connectivity index is 5.22. The van der Waals surface area contributed by atoms with Crippen LogP contribution in [0.15, 0.2) is 0 Å². The van der Waals surface area contributed by atoms with Crippen LogP contribution in [0.2, 0.25) is 0 Å². The van der Waals surface area contributed by atoms with Gasteiger partial charge in [-0.25, -0.2) is 9.13 Å². The molecule has 2 unspecified atom stereocenters. The van der Waals surface area contributed by atoms with Gasteiger partial charge in [0.15, 0.2) is 12.2 Å². The lowest BCUT2D eigenvalue weighted by Gasteiger charge is -2.21. The first-order valence-electron chi connectivity index (χ1n) is 38.5. The van der Waals surface area contributed by atoms with Crippen molar-refractivity contribution in [3.8, 4) is 0 Å². The number of esters is 4. The topological polar surface area (TPSA) is 237 Å². The van der Waals surface area contributed by atoms with Crippen LogP contribution in [0.25, 0.3) is 0 Å². The van der Waals surface area contributed by atoms with E-state index in [4.69, 9.17) is 37.0 Å². The number of carbonyl (C=O) groups is 4. The second kappa shape index (κ2) is 66.0. The molecule has 0 rings (SSSR count). The summed E-state index contributed by atoms with van der Waals surface area (Å²) in [5.41, 5.74) is 0. The number of carbonyl (C=O) groups excluding carboxylic acids is 4. The molecule has 0 aliphatic carbocycles. The van der Waals surface area contributed by atoms with Crippen molar-refractivity contribution in [3.63, 3.8) is 0 Å². The van der Waals surface area contributed by atoms with Gasteiger partial charge in [0.05, 0.1) is 26.4 Å². The quantitative estimate of drug-likeness (QED) is 0.0222. The normalized spacial score (nSPS) is 14.1.